The first-order chi connectivity index (χ1) is 8.08. The Morgan fingerprint density at radius 3 is 2.71 bits per heavy atom. The average molecular weight is 246 g/mol. The van der Waals surface area contributed by atoms with E-state index in [2.05, 4.69) is 23.9 Å². The number of thiocarbonyl (C=S) groups is 1. The molecule has 2 aromatic heterocycles. The Morgan fingerprint density at radius 2 is 2.12 bits per heavy atom. The zero-order valence-electron chi connectivity index (χ0n) is 9.79. The lowest BCUT2D eigenvalue weighted by Gasteiger charge is -2.03. The van der Waals surface area contributed by atoms with E-state index in [-0.39, 0.29) is 0 Å². The summed E-state index contributed by atoms with van der Waals surface area (Å²) < 4.78 is 1.73. The van der Waals surface area contributed by atoms with Gasteiger partial charge in [-0.05, 0) is 24.1 Å². The minimum Gasteiger partial charge on any atom is -0.388 e. The highest BCUT2D eigenvalue weighted by molar-refractivity contribution is 7.80. The molecular formula is C12H14N4S. The van der Waals surface area contributed by atoms with Gasteiger partial charge in [-0.25, -0.2) is 9.67 Å². The zero-order valence-corrected chi connectivity index (χ0v) is 10.6. The summed E-state index contributed by atoms with van der Waals surface area (Å²) in [6.07, 6.45) is 1.89. The van der Waals surface area contributed by atoms with Crippen molar-refractivity contribution in [3.8, 4) is 5.82 Å². The first-order valence-corrected chi connectivity index (χ1v) is 5.81. The predicted molar refractivity (Wildman–Crippen MR) is 71.3 cm³/mol. The number of hydrogen-bond acceptors (Lipinski definition) is 3. The van der Waals surface area contributed by atoms with Crippen molar-refractivity contribution in [2.45, 2.75) is 19.8 Å². The van der Waals surface area contributed by atoms with Crippen LogP contribution >= 0.6 is 12.2 Å². The van der Waals surface area contributed by atoms with Crippen LogP contribution in [0, 0.1) is 0 Å². The van der Waals surface area contributed by atoms with Gasteiger partial charge in [0.1, 0.15) is 4.99 Å². The largest absolute Gasteiger partial charge is 0.388 e. The third-order valence-corrected chi connectivity index (χ3v) is 2.63. The molecule has 4 nitrogen and oxygen atoms in total. The quantitative estimate of drug-likeness (QED) is 0.842. The normalized spacial score (nSPS) is 10.8. The molecule has 0 aliphatic heterocycles. The van der Waals surface area contributed by atoms with E-state index in [1.807, 2.05) is 24.4 Å². The zero-order chi connectivity index (χ0) is 12.4. The molecule has 88 valence electrons. The fourth-order valence-electron chi connectivity index (χ4n) is 1.46. The molecule has 0 amide bonds. The molecule has 0 radical (unpaired) electrons. The maximum absolute atomic E-state index is 5.55. The summed E-state index contributed by atoms with van der Waals surface area (Å²) in [5.41, 5.74) is 7.20. The second-order valence-corrected chi connectivity index (χ2v) is 4.52. The van der Waals surface area contributed by atoms with Gasteiger partial charge < -0.3 is 5.73 Å². The molecule has 0 aromatic carbocycles. The van der Waals surface area contributed by atoms with Crippen LogP contribution in [0.15, 0.2) is 30.5 Å². The molecule has 2 N–H and O–H groups in total. The Hall–Kier alpha value is -1.75. The van der Waals surface area contributed by atoms with Crippen molar-refractivity contribution in [1.82, 2.24) is 14.8 Å². The highest BCUT2D eigenvalue weighted by atomic mass is 32.1. The van der Waals surface area contributed by atoms with Crippen LogP contribution in [0.5, 0.6) is 0 Å². The van der Waals surface area contributed by atoms with Gasteiger partial charge in [0.2, 0.25) is 0 Å². The predicted octanol–water partition coefficient (Wildman–Crippen LogP) is 2.02. The number of pyridine rings is 1. The van der Waals surface area contributed by atoms with E-state index in [4.69, 9.17) is 18.0 Å². The standard InChI is InChI=1S/C12H14N4S/c1-8(2)9-6-7-16(15-9)11-5-3-4-10(14-11)12(13)17/h3-8H,1-2H3,(H2,13,17). The van der Waals surface area contributed by atoms with Gasteiger partial charge >= 0.3 is 0 Å². The summed E-state index contributed by atoms with van der Waals surface area (Å²) in [5, 5.41) is 4.45. The van der Waals surface area contributed by atoms with Crippen molar-refractivity contribution >= 4 is 17.2 Å². The van der Waals surface area contributed by atoms with Gasteiger partial charge in [-0.1, -0.05) is 32.1 Å². The van der Waals surface area contributed by atoms with E-state index in [0.29, 0.717) is 16.6 Å². The number of hydrogen-bond donors (Lipinski definition) is 1. The minimum atomic E-state index is 0.295. The summed E-state index contributed by atoms with van der Waals surface area (Å²) in [4.78, 5) is 4.64. The van der Waals surface area contributed by atoms with E-state index in [9.17, 15) is 0 Å². The van der Waals surface area contributed by atoms with Gasteiger partial charge in [0.15, 0.2) is 5.82 Å². The molecule has 0 aliphatic carbocycles. The fraction of sp³-hybridized carbons (Fsp3) is 0.250. The third kappa shape index (κ3) is 2.50. The third-order valence-electron chi connectivity index (χ3n) is 2.42. The minimum absolute atomic E-state index is 0.295. The first kappa shape index (κ1) is 11.7. The summed E-state index contributed by atoms with van der Waals surface area (Å²) in [7, 11) is 0. The van der Waals surface area contributed by atoms with Gasteiger partial charge in [-0.3, -0.25) is 0 Å². The van der Waals surface area contributed by atoms with Gasteiger partial charge in [-0.15, -0.1) is 0 Å². The maximum atomic E-state index is 5.55. The highest BCUT2D eigenvalue weighted by Gasteiger charge is 2.06. The van der Waals surface area contributed by atoms with Crippen molar-refractivity contribution in [3.05, 3.63) is 41.9 Å². The Labute approximate surface area is 105 Å². The molecule has 5 heteroatoms. The molecule has 0 aliphatic rings. The molecule has 0 atom stereocenters. The van der Waals surface area contributed by atoms with Gasteiger partial charge in [0, 0.05) is 6.20 Å². The van der Waals surface area contributed by atoms with Gasteiger partial charge in [0.25, 0.3) is 0 Å². The SMILES string of the molecule is CC(C)c1ccn(-c2cccc(C(N)=S)n2)n1. The van der Waals surface area contributed by atoms with Gasteiger partial charge in [0.05, 0.1) is 11.4 Å². The summed E-state index contributed by atoms with van der Waals surface area (Å²) >= 11 is 4.90. The van der Waals surface area contributed by atoms with Crippen molar-refractivity contribution in [1.29, 1.82) is 0 Å². The fourth-order valence-corrected chi connectivity index (χ4v) is 1.58. The molecular weight excluding hydrogens is 232 g/mol. The first-order valence-electron chi connectivity index (χ1n) is 5.40. The molecule has 2 rings (SSSR count). The molecule has 0 bridgehead atoms. The molecule has 0 spiro atoms. The van der Waals surface area contributed by atoms with Crippen LogP contribution < -0.4 is 5.73 Å². The van der Waals surface area contributed by atoms with Crippen molar-refractivity contribution < 1.29 is 0 Å². The average Bonchev–Trinajstić information content (AvgIpc) is 2.78. The topological polar surface area (TPSA) is 56.7 Å². The Kier molecular flexibility index (Phi) is 3.19. The lowest BCUT2D eigenvalue weighted by atomic mass is 10.1. The van der Waals surface area contributed by atoms with Crippen LogP contribution in [0.3, 0.4) is 0 Å². The molecule has 0 saturated heterocycles. The molecule has 0 fully saturated rings. The van der Waals surface area contributed by atoms with E-state index < -0.39 is 0 Å². The van der Waals surface area contributed by atoms with Crippen LogP contribution in [-0.4, -0.2) is 19.8 Å². The maximum Gasteiger partial charge on any atom is 0.154 e. The smallest absolute Gasteiger partial charge is 0.154 e. The van der Waals surface area contributed by atoms with Crippen molar-refractivity contribution in [2.24, 2.45) is 5.73 Å². The second-order valence-electron chi connectivity index (χ2n) is 4.09. The molecule has 2 aromatic rings. The number of aromatic nitrogens is 3. The van der Waals surface area contributed by atoms with Crippen LogP contribution in [0.4, 0.5) is 0 Å². The molecule has 17 heavy (non-hydrogen) atoms. The second kappa shape index (κ2) is 4.63. The summed E-state index contributed by atoms with van der Waals surface area (Å²) in [6.45, 7) is 4.21. The van der Waals surface area contributed by atoms with E-state index in [1.54, 1.807) is 10.7 Å². The van der Waals surface area contributed by atoms with Crippen LogP contribution in [0.1, 0.15) is 31.2 Å². The monoisotopic (exact) mass is 246 g/mol. The van der Waals surface area contributed by atoms with E-state index >= 15 is 0 Å². The van der Waals surface area contributed by atoms with E-state index in [1.165, 1.54) is 0 Å². The lowest BCUT2D eigenvalue weighted by Crippen LogP contribution is -2.13. The van der Waals surface area contributed by atoms with Gasteiger partial charge in [-0.2, -0.15) is 5.10 Å². The van der Waals surface area contributed by atoms with Crippen LogP contribution in [0.25, 0.3) is 5.82 Å². The number of rotatable bonds is 3. The summed E-state index contributed by atoms with van der Waals surface area (Å²) in [6, 6.07) is 7.52. The lowest BCUT2D eigenvalue weighted by molar-refractivity contribution is 0.757. The highest BCUT2D eigenvalue weighted by Crippen LogP contribution is 2.13. The van der Waals surface area contributed by atoms with Crippen molar-refractivity contribution in [2.75, 3.05) is 0 Å². The number of nitrogens with two attached hydrogens (primary N) is 1. The Morgan fingerprint density at radius 1 is 1.35 bits per heavy atom. The molecule has 0 saturated carbocycles. The molecule has 2 heterocycles. The van der Waals surface area contributed by atoms with Crippen LogP contribution in [-0.2, 0) is 0 Å². The Balaban J connectivity index is 2.38. The van der Waals surface area contributed by atoms with Crippen LogP contribution in [0.2, 0.25) is 0 Å². The number of nitrogens with zero attached hydrogens (tertiary/aromatic N) is 3. The van der Waals surface area contributed by atoms with E-state index in [0.717, 1.165) is 11.5 Å². The summed E-state index contributed by atoms with van der Waals surface area (Å²) in [5.74, 6) is 1.12. The van der Waals surface area contributed by atoms with Crippen molar-refractivity contribution in [3.63, 3.8) is 0 Å². The Bertz CT molecular complexity index is 545. The molecule has 0 unspecified atom stereocenters.